The van der Waals surface area contributed by atoms with Gasteiger partial charge in [0.1, 0.15) is 11.9 Å². The van der Waals surface area contributed by atoms with Gasteiger partial charge in [0.25, 0.3) is 0 Å². The van der Waals surface area contributed by atoms with Gasteiger partial charge in [-0.25, -0.2) is 4.79 Å². The van der Waals surface area contributed by atoms with E-state index < -0.39 is 23.8 Å². The summed E-state index contributed by atoms with van der Waals surface area (Å²) >= 11 is 1.43. The molecule has 180 valence electrons. The molecule has 35 heavy (non-hydrogen) atoms. The van der Waals surface area contributed by atoms with E-state index in [1.54, 1.807) is 25.1 Å². The summed E-state index contributed by atoms with van der Waals surface area (Å²) in [6.45, 7) is 3.05. The summed E-state index contributed by atoms with van der Waals surface area (Å²) in [4.78, 5) is 21.5. The number of hydrogen-bond donors (Lipinski definition) is 0. The summed E-state index contributed by atoms with van der Waals surface area (Å²) in [5, 5.41) is 1.94. The molecule has 1 aromatic heterocycles. The highest BCUT2D eigenvalue weighted by molar-refractivity contribution is 7.13. The average Bonchev–Trinajstić information content (AvgIpc) is 3.32. The normalized spacial score (nSPS) is 12.1. The van der Waals surface area contributed by atoms with Crippen molar-refractivity contribution in [1.29, 1.82) is 0 Å². The number of rotatable bonds is 7. The largest absolute Gasteiger partial charge is 0.481 e. The van der Waals surface area contributed by atoms with Crippen LogP contribution in [0.15, 0.2) is 84.2 Å². The Kier molecular flexibility index (Phi) is 7.12. The lowest BCUT2D eigenvalue weighted by molar-refractivity contribution is -0.211. The zero-order chi connectivity index (χ0) is 25.0. The molecule has 0 radical (unpaired) electrons. The first-order chi connectivity index (χ1) is 16.7. The van der Waals surface area contributed by atoms with Crippen LogP contribution in [-0.4, -0.2) is 5.97 Å². The van der Waals surface area contributed by atoms with E-state index in [4.69, 9.17) is 9.62 Å². The highest BCUT2D eigenvalue weighted by atomic mass is 32.1. The average molecular weight is 499 g/mol. The van der Waals surface area contributed by atoms with Gasteiger partial charge in [0.2, 0.25) is 0 Å². The van der Waals surface area contributed by atoms with E-state index >= 15 is 0 Å². The molecular weight excluding hydrogens is 477 g/mol. The summed E-state index contributed by atoms with van der Waals surface area (Å²) in [5.74, 6) is 0.410. The van der Waals surface area contributed by atoms with Crippen molar-refractivity contribution < 1.29 is 32.5 Å². The minimum atomic E-state index is -4.37. The number of alkyl halides is 3. The van der Waals surface area contributed by atoms with E-state index in [0.717, 1.165) is 28.1 Å². The Labute approximate surface area is 204 Å². The molecule has 0 fully saturated rings. The fourth-order valence-corrected chi connectivity index (χ4v) is 4.38. The summed E-state index contributed by atoms with van der Waals surface area (Å²) in [7, 11) is 0. The number of carbonyl (C=O) groups excluding carboxylic acids is 1. The molecule has 0 aliphatic rings. The maximum absolute atomic E-state index is 12.9. The number of aryl methyl sites for hydroxylation is 1. The molecule has 1 atom stereocenters. The Morgan fingerprint density at radius 1 is 0.914 bits per heavy atom. The number of ether oxygens (including phenoxy) is 1. The van der Waals surface area contributed by atoms with Crippen LogP contribution in [0.5, 0.6) is 11.5 Å². The molecular formula is C27H21F3O4S. The highest BCUT2D eigenvalue weighted by Gasteiger charge is 2.30. The summed E-state index contributed by atoms with van der Waals surface area (Å²) in [6.07, 6.45) is -4.82. The smallest absolute Gasteiger partial charge is 0.416 e. The monoisotopic (exact) mass is 498 g/mol. The molecule has 0 aliphatic heterocycles. The van der Waals surface area contributed by atoms with Crippen molar-refractivity contribution in [2.45, 2.75) is 26.1 Å². The molecule has 4 nitrogen and oxygen atoms in total. The van der Waals surface area contributed by atoms with Gasteiger partial charge in [0.05, 0.1) is 5.56 Å². The van der Waals surface area contributed by atoms with Gasteiger partial charge in [-0.1, -0.05) is 42.5 Å². The quantitative estimate of drug-likeness (QED) is 0.193. The van der Waals surface area contributed by atoms with Crippen LogP contribution < -0.4 is 9.62 Å². The van der Waals surface area contributed by atoms with Crippen molar-refractivity contribution >= 4 is 17.3 Å². The topological polar surface area (TPSA) is 44.8 Å². The van der Waals surface area contributed by atoms with Crippen LogP contribution in [0.2, 0.25) is 0 Å². The molecule has 0 aliphatic carbocycles. The third-order valence-electron chi connectivity index (χ3n) is 5.17. The van der Waals surface area contributed by atoms with Crippen LogP contribution in [-0.2, 0) is 15.9 Å². The minimum Gasteiger partial charge on any atom is -0.481 e. The van der Waals surface area contributed by atoms with E-state index in [1.165, 1.54) is 30.4 Å². The highest BCUT2D eigenvalue weighted by Crippen LogP contribution is 2.37. The summed E-state index contributed by atoms with van der Waals surface area (Å²) < 4.78 is 45.1. The standard InChI is InChI=1S/C27H21F3O4S/c1-17-14-23(12-13-24(17)34-33-18(2)31)32-26(20-6-4-3-5-7-20)21-15-25(35-16-21)19-8-10-22(11-9-19)27(28,29)30/h3-16,26H,1-2H3. The van der Waals surface area contributed by atoms with Gasteiger partial charge in [-0.3, -0.25) is 9.78 Å². The fraction of sp³-hybridized carbons (Fsp3) is 0.148. The van der Waals surface area contributed by atoms with Crippen LogP contribution >= 0.6 is 11.3 Å². The van der Waals surface area contributed by atoms with Gasteiger partial charge < -0.3 is 4.74 Å². The van der Waals surface area contributed by atoms with Crippen molar-refractivity contribution in [3.8, 4) is 21.9 Å². The maximum atomic E-state index is 12.9. The third kappa shape index (κ3) is 6.02. The number of hydrogen-bond acceptors (Lipinski definition) is 5. The summed E-state index contributed by atoms with van der Waals surface area (Å²) in [5.41, 5.74) is 2.52. The Balaban J connectivity index is 1.61. The van der Waals surface area contributed by atoms with Crippen LogP contribution in [0.25, 0.3) is 10.4 Å². The summed E-state index contributed by atoms with van der Waals surface area (Å²) in [6, 6.07) is 21.8. The van der Waals surface area contributed by atoms with E-state index in [1.807, 2.05) is 41.8 Å². The SMILES string of the molecule is CC(=O)OOc1ccc(OC(c2ccccc2)c2csc(-c3ccc(C(F)(F)F)cc3)c2)cc1C. The van der Waals surface area contributed by atoms with Crippen molar-refractivity contribution in [1.82, 2.24) is 0 Å². The molecule has 4 aromatic rings. The van der Waals surface area contributed by atoms with E-state index in [0.29, 0.717) is 22.6 Å². The van der Waals surface area contributed by atoms with Crippen molar-refractivity contribution in [2.75, 3.05) is 0 Å². The first-order valence-electron chi connectivity index (χ1n) is 10.6. The van der Waals surface area contributed by atoms with Crippen LogP contribution in [0.1, 0.15) is 35.3 Å². The number of thiophene rings is 1. The maximum Gasteiger partial charge on any atom is 0.416 e. The number of carbonyl (C=O) groups is 1. The lowest BCUT2D eigenvalue weighted by Gasteiger charge is -2.19. The van der Waals surface area contributed by atoms with Gasteiger partial charge in [-0.05, 0) is 59.8 Å². The van der Waals surface area contributed by atoms with Crippen LogP contribution in [0.3, 0.4) is 0 Å². The lowest BCUT2D eigenvalue weighted by atomic mass is 10.0. The number of benzene rings is 3. The van der Waals surface area contributed by atoms with Crippen LogP contribution in [0.4, 0.5) is 13.2 Å². The predicted molar refractivity (Wildman–Crippen MR) is 127 cm³/mol. The molecule has 0 spiro atoms. The lowest BCUT2D eigenvalue weighted by Crippen LogP contribution is -2.09. The molecule has 1 unspecified atom stereocenters. The van der Waals surface area contributed by atoms with Gasteiger partial charge in [-0.15, -0.1) is 11.3 Å². The van der Waals surface area contributed by atoms with E-state index in [-0.39, 0.29) is 0 Å². The molecule has 1 heterocycles. The Bertz CT molecular complexity index is 1300. The number of halogens is 3. The molecule has 4 rings (SSSR count). The molecule has 0 amide bonds. The molecule has 0 saturated heterocycles. The van der Waals surface area contributed by atoms with Crippen molar-refractivity contribution in [3.63, 3.8) is 0 Å². The van der Waals surface area contributed by atoms with Gasteiger partial charge in [0, 0.05) is 22.9 Å². The molecule has 0 bridgehead atoms. The van der Waals surface area contributed by atoms with Crippen LogP contribution in [0, 0.1) is 6.92 Å². The second kappa shape index (κ2) is 10.2. The van der Waals surface area contributed by atoms with E-state index in [9.17, 15) is 18.0 Å². The first-order valence-corrected chi connectivity index (χ1v) is 11.5. The van der Waals surface area contributed by atoms with Crippen molar-refractivity contribution in [2.24, 2.45) is 0 Å². The van der Waals surface area contributed by atoms with Gasteiger partial charge in [0.15, 0.2) is 5.75 Å². The minimum absolute atomic E-state index is 0.393. The third-order valence-corrected chi connectivity index (χ3v) is 6.17. The second-order valence-corrected chi connectivity index (χ2v) is 8.72. The Morgan fingerprint density at radius 3 is 2.26 bits per heavy atom. The molecule has 8 heteroatoms. The van der Waals surface area contributed by atoms with Gasteiger partial charge in [-0.2, -0.15) is 13.2 Å². The van der Waals surface area contributed by atoms with Crippen molar-refractivity contribution in [3.05, 3.63) is 106 Å². The molecule has 0 saturated carbocycles. The first kappa shape index (κ1) is 24.3. The molecule has 3 aromatic carbocycles. The fourth-order valence-electron chi connectivity index (χ4n) is 3.45. The second-order valence-electron chi connectivity index (χ2n) is 7.81. The molecule has 0 N–H and O–H groups in total. The van der Waals surface area contributed by atoms with Gasteiger partial charge >= 0.3 is 12.1 Å². The van der Waals surface area contributed by atoms with E-state index in [2.05, 4.69) is 4.89 Å². The zero-order valence-electron chi connectivity index (χ0n) is 18.8. The zero-order valence-corrected chi connectivity index (χ0v) is 19.7. The Hall–Kier alpha value is -3.78. The Morgan fingerprint density at radius 2 is 1.63 bits per heavy atom. The predicted octanol–water partition coefficient (Wildman–Crippen LogP) is 7.77.